The van der Waals surface area contributed by atoms with Crippen LogP contribution in [-0.4, -0.2) is 25.5 Å². The molecule has 4 heteroatoms. The second-order valence-corrected chi connectivity index (χ2v) is 1.55. The first-order chi connectivity index (χ1) is 2.77. The van der Waals surface area contributed by atoms with Gasteiger partial charge in [0.2, 0.25) is 0 Å². The van der Waals surface area contributed by atoms with Crippen molar-refractivity contribution in [1.82, 2.24) is 4.90 Å². The SMILES string of the molecule is C=CCN(C)C.Cl.Cl.[Au]. The third-order valence-electron chi connectivity index (χ3n) is 0.494. The molecule has 0 rings (SSSR count). The van der Waals surface area contributed by atoms with E-state index in [2.05, 4.69) is 11.5 Å². The Morgan fingerprint density at radius 2 is 1.67 bits per heavy atom. The maximum Gasteiger partial charge on any atom is 0.0154 e. The third kappa shape index (κ3) is 27.5. The number of hydrogen-bond acceptors (Lipinski definition) is 1. The molecule has 0 amide bonds. The van der Waals surface area contributed by atoms with Gasteiger partial charge in [-0.1, -0.05) is 6.08 Å². The summed E-state index contributed by atoms with van der Waals surface area (Å²) in [5.74, 6) is 0. The zero-order valence-electron chi connectivity index (χ0n) is 5.56. The molecule has 0 aliphatic heterocycles. The molecule has 63 valence electrons. The van der Waals surface area contributed by atoms with Crippen LogP contribution in [-0.2, 0) is 22.4 Å². The maximum atomic E-state index is 3.56. The molecule has 0 aliphatic rings. The van der Waals surface area contributed by atoms with E-state index in [1.807, 2.05) is 20.2 Å². The first kappa shape index (κ1) is 22.5. The summed E-state index contributed by atoms with van der Waals surface area (Å²) < 4.78 is 0. The van der Waals surface area contributed by atoms with Crippen molar-refractivity contribution < 1.29 is 22.4 Å². The molecule has 0 fully saturated rings. The molecule has 0 saturated heterocycles. The molecule has 0 atom stereocenters. The van der Waals surface area contributed by atoms with Gasteiger partial charge in [0.25, 0.3) is 0 Å². The maximum absolute atomic E-state index is 3.56. The van der Waals surface area contributed by atoms with Crippen LogP contribution < -0.4 is 0 Å². The number of rotatable bonds is 2. The van der Waals surface area contributed by atoms with Gasteiger partial charge in [0.1, 0.15) is 0 Å². The van der Waals surface area contributed by atoms with Gasteiger partial charge >= 0.3 is 0 Å². The molecule has 0 N–H and O–H groups in total. The van der Waals surface area contributed by atoms with Crippen LogP contribution in [0.1, 0.15) is 0 Å². The van der Waals surface area contributed by atoms with Gasteiger partial charge in [0.15, 0.2) is 0 Å². The Morgan fingerprint density at radius 3 is 1.67 bits per heavy atom. The Bertz CT molecular complexity index is 50.2. The van der Waals surface area contributed by atoms with Crippen molar-refractivity contribution in [3.05, 3.63) is 12.7 Å². The van der Waals surface area contributed by atoms with Gasteiger partial charge in [0.05, 0.1) is 0 Å². The fraction of sp³-hybridized carbons (Fsp3) is 0.600. The van der Waals surface area contributed by atoms with Gasteiger partial charge in [-0.2, -0.15) is 0 Å². The van der Waals surface area contributed by atoms with Crippen molar-refractivity contribution in [2.45, 2.75) is 0 Å². The minimum atomic E-state index is 0. The number of hydrogen-bond donors (Lipinski definition) is 0. The molecule has 9 heavy (non-hydrogen) atoms. The van der Waals surface area contributed by atoms with Crippen LogP contribution in [0.3, 0.4) is 0 Å². The van der Waals surface area contributed by atoms with Gasteiger partial charge in [-0.3, -0.25) is 0 Å². The molecular formula is C5H13AuCl2N. The molecule has 0 heterocycles. The topological polar surface area (TPSA) is 3.24 Å². The summed E-state index contributed by atoms with van der Waals surface area (Å²) in [5, 5.41) is 0. The van der Waals surface area contributed by atoms with Crippen LogP contribution in [0.2, 0.25) is 0 Å². The van der Waals surface area contributed by atoms with Gasteiger partial charge in [-0.05, 0) is 14.1 Å². The first-order valence-electron chi connectivity index (χ1n) is 2.03. The molecule has 0 bridgehead atoms. The largest absolute Gasteiger partial charge is 0.306 e. The number of nitrogens with zero attached hydrogens (tertiary/aromatic N) is 1. The molecule has 0 saturated carbocycles. The molecule has 1 radical (unpaired) electrons. The zero-order valence-corrected chi connectivity index (χ0v) is 9.36. The average Bonchev–Trinajstić information content (AvgIpc) is 1.35. The Hall–Kier alpha value is 1.02. The second kappa shape index (κ2) is 16.0. The van der Waals surface area contributed by atoms with Gasteiger partial charge in [-0.25, -0.2) is 0 Å². The van der Waals surface area contributed by atoms with E-state index >= 15 is 0 Å². The van der Waals surface area contributed by atoms with Crippen LogP contribution in [0, 0.1) is 0 Å². The Balaban J connectivity index is -0.0000000417. The molecule has 0 aliphatic carbocycles. The van der Waals surface area contributed by atoms with Gasteiger partial charge in [0, 0.05) is 28.9 Å². The Labute approximate surface area is 85.2 Å². The van der Waals surface area contributed by atoms with E-state index in [0.29, 0.717) is 0 Å². The minimum absolute atomic E-state index is 0. The fourth-order valence-corrected chi connectivity index (χ4v) is 0.258. The summed E-state index contributed by atoms with van der Waals surface area (Å²) in [5.41, 5.74) is 0. The smallest absolute Gasteiger partial charge is 0.0154 e. The molecule has 1 nitrogen and oxygen atoms in total. The number of likely N-dealkylation sites (N-methyl/N-ethyl adjacent to an activating group) is 1. The predicted molar refractivity (Wildman–Crippen MR) is 43.2 cm³/mol. The standard InChI is InChI=1S/C5H11N.Au.2ClH/c1-4-5-6(2)3;;;/h4H,1,5H2,2-3H3;;2*1H. The fourth-order valence-electron chi connectivity index (χ4n) is 0.258. The molecule has 0 aromatic carbocycles. The van der Waals surface area contributed by atoms with E-state index in [1.54, 1.807) is 0 Å². The summed E-state index contributed by atoms with van der Waals surface area (Å²) in [6, 6.07) is 0. The minimum Gasteiger partial charge on any atom is -0.306 e. The van der Waals surface area contributed by atoms with Gasteiger partial charge < -0.3 is 4.90 Å². The van der Waals surface area contributed by atoms with Crippen LogP contribution in [0.5, 0.6) is 0 Å². The second-order valence-electron chi connectivity index (χ2n) is 1.55. The summed E-state index contributed by atoms with van der Waals surface area (Å²) in [4.78, 5) is 2.06. The molecule has 0 unspecified atom stereocenters. The molecule has 0 aromatic heterocycles. The zero-order chi connectivity index (χ0) is 4.99. The van der Waals surface area contributed by atoms with Gasteiger partial charge in [-0.15, -0.1) is 31.4 Å². The quantitative estimate of drug-likeness (QED) is 0.537. The molecule has 0 spiro atoms. The number of halogens is 2. The van der Waals surface area contributed by atoms with Crippen molar-refractivity contribution in [2.24, 2.45) is 0 Å². The van der Waals surface area contributed by atoms with Crippen molar-refractivity contribution >= 4 is 24.8 Å². The first-order valence-corrected chi connectivity index (χ1v) is 2.03. The van der Waals surface area contributed by atoms with E-state index in [4.69, 9.17) is 0 Å². The predicted octanol–water partition coefficient (Wildman–Crippen LogP) is 1.58. The van der Waals surface area contributed by atoms with E-state index in [1.165, 1.54) is 0 Å². The van der Waals surface area contributed by atoms with Crippen molar-refractivity contribution in [2.75, 3.05) is 20.6 Å². The Kier molecular flexibility index (Phi) is 40.0. The Morgan fingerprint density at radius 1 is 1.33 bits per heavy atom. The van der Waals surface area contributed by atoms with Crippen molar-refractivity contribution in [1.29, 1.82) is 0 Å². The van der Waals surface area contributed by atoms with E-state index in [-0.39, 0.29) is 47.2 Å². The summed E-state index contributed by atoms with van der Waals surface area (Å²) >= 11 is 0. The normalized spacial score (nSPS) is 6.11. The van der Waals surface area contributed by atoms with Crippen LogP contribution in [0.4, 0.5) is 0 Å². The van der Waals surface area contributed by atoms with Crippen molar-refractivity contribution in [3.63, 3.8) is 0 Å². The van der Waals surface area contributed by atoms with Crippen LogP contribution in [0.25, 0.3) is 0 Å². The van der Waals surface area contributed by atoms with Crippen molar-refractivity contribution in [3.8, 4) is 0 Å². The van der Waals surface area contributed by atoms with E-state index < -0.39 is 0 Å². The van der Waals surface area contributed by atoms with E-state index in [9.17, 15) is 0 Å². The molecule has 0 aromatic rings. The third-order valence-corrected chi connectivity index (χ3v) is 0.494. The average molecular weight is 355 g/mol. The molecular weight excluding hydrogens is 342 g/mol. The monoisotopic (exact) mass is 354 g/mol. The van der Waals surface area contributed by atoms with E-state index in [0.717, 1.165) is 6.54 Å². The summed E-state index contributed by atoms with van der Waals surface area (Å²) in [6.45, 7) is 4.53. The summed E-state index contributed by atoms with van der Waals surface area (Å²) in [7, 11) is 4.03. The van der Waals surface area contributed by atoms with Crippen LogP contribution in [0.15, 0.2) is 12.7 Å². The summed E-state index contributed by atoms with van der Waals surface area (Å²) in [6.07, 6.45) is 1.88. The van der Waals surface area contributed by atoms with Crippen LogP contribution >= 0.6 is 24.8 Å².